The van der Waals surface area contributed by atoms with Gasteiger partial charge in [-0.1, -0.05) is 35.5 Å². The van der Waals surface area contributed by atoms with Gasteiger partial charge in [-0.15, -0.1) is 0 Å². The second-order valence-electron chi connectivity index (χ2n) is 10.1. The summed E-state index contributed by atoms with van der Waals surface area (Å²) in [6, 6.07) is 20.9. The van der Waals surface area contributed by atoms with Crippen molar-refractivity contribution in [3.63, 3.8) is 0 Å². The van der Waals surface area contributed by atoms with E-state index in [1.807, 2.05) is 68.4 Å². The van der Waals surface area contributed by atoms with Crippen LogP contribution in [0.5, 0.6) is 5.75 Å². The average Bonchev–Trinajstić information content (AvgIpc) is 3.32. The van der Waals surface area contributed by atoms with E-state index in [4.69, 9.17) is 9.57 Å². The molecule has 0 fully saturated rings. The minimum atomic E-state index is -4.59. The molecule has 0 spiro atoms. The number of nitrogens with zero attached hydrogens (tertiary/aromatic N) is 2. The Morgan fingerprint density at radius 3 is 2.50 bits per heavy atom. The molecule has 0 saturated carbocycles. The predicted molar refractivity (Wildman–Crippen MR) is 153 cm³/mol. The van der Waals surface area contributed by atoms with E-state index in [2.05, 4.69) is 9.72 Å². The number of hydrogen-bond donors (Lipinski definition) is 0. The quantitative estimate of drug-likeness (QED) is 0.123. The first-order valence-corrected chi connectivity index (χ1v) is 13.4. The number of aromatic nitrogens is 1. The number of fused-ring (bicyclic) bond motifs is 5. The molecule has 9 heteroatoms. The number of benzene rings is 4. The molecule has 6 nitrogen and oxygen atoms in total. The SMILES string of the molecule is CCn1c2ccc(C(=O)c3ccccc3C)cc2c2c3c(ccc21)/C(=N/OC(=O)c1cccc(C(F)(F)F)c1)CCO3. The molecule has 4 aromatic carbocycles. The summed E-state index contributed by atoms with van der Waals surface area (Å²) in [5.74, 6) is -0.531. The Bertz CT molecular complexity index is 1920. The fourth-order valence-corrected chi connectivity index (χ4v) is 5.45. The van der Waals surface area contributed by atoms with Crippen LogP contribution in [-0.4, -0.2) is 28.6 Å². The minimum absolute atomic E-state index is 0.0816. The van der Waals surface area contributed by atoms with Gasteiger partial charge in [0.2, 0.25) is 0 Å². The van der Waals surface area contributed by atoms with Crippen molar-refractivity contribution in [1.82, 2.24) is 4.57 Å². The van der Waals surface area contributed by atoms with E-state index >= 15 is 0 Å². The van der Waals surface area contributed by atoms with E-state index in [1.165, 1.54) is 6.07 Å². The number of carbonyl (C=O) groups is 2. The zero-order chi connectivity index (χ0) is 29.6. The standard InChI is InChI=1S/C33H25F3N2O4/c1-3-38-27-13-11-20(30(39)23-10-5-4-7-19(23)2)18-25(27)29-28(38)14-12-24-26(15-16-41-31(24)29)37-42-32(40)21-8-6-9-22(17-21)33(34,35)36/h4-14,17-18H,3,15-16H2,1-2H3/b37-26+. The molecule has 0 atom stereocenters. The Morgan fingerprint density at radius 1 is 0.952 bits per heavy atom. The molecule has 0 bridgehead atoms. The number of ether oxygens (including phenoxy) is 1. The molecule has 6 rings (SSSR count). The Hall–Kier alpha value is -4.92. The highest BCUT2D eigenvalue weighted by Gasteiger charge is 2.31. The number of halogens is 3. The molecular weight excluding hydrogens is 545 g/mol. The molecule has 42 heavy (non-hydrogen) atoms. The van der Waals surface area contributed by atoms with E-state index in [1.54, 1.807) is 0 Å². The van der Waals surface area contributed by atoms with Crippen molar-refractivity contribution in [3.05, 3.63) is 112 Å². The number of ketones is 1. The van der Waals surface area contributed by atoms with Gasteiger partial charge in [-0.3, -0.25) is 4.79 Å². The summed E-state index contributed by atoms with van der Waals surface area (Å²) in [4.78, 5) is 31.1. The summed E-state index contributed by atoms with van der Waals surface area (Å²) in [7, 11) is 0. The van der Waals surface area contributed by atoms with Crippen LogP contribution in [0.3, 0.4) is 0 Å². The van der Waals surface area contributed by atoms with Crippen LogP contribution in [0.25, 0.3) is 21.8 Å². The molecule has 0 unspecified atom stereocenters. The normalized spacial score (nSPS) is 14.2. The molecule has 212 valence electrons. The van der Waals surface area contributed by atoms with Crippen LogP contribution in [0.15, 0.2) is 84.0 Å². The maximum atomic E-state index is 13.4. The first kappa shape index (κ1) is 27.3. The van der Waals surface area contributed by atoms with E-state index in [-0.39, 0.29) is 18.0 Å². The molecule has 2 heterocycles. The van der Waals surface area contributed by atoms with Crippen LogP contribution >= 0.6 is 0 Å². The van der Waals surface area contributed by atoms with Crippen LogP contribution in [0.2, 0.25) is 0 Å². The van der Waals surface area contributed by atoms with Crippen molar-refractivity contribution in [3.8, 4) is 5.75 Å². The van der Waals surface area contributed by atoms with Crippen molar-refractivity contribution in [2.75, 3.05) is 6.61 Å². The molecule has 1 aliphatic heterocycles. The number of alkyl halides is 3. The fraction of sp³-hybridized carbons (Fsp3) is 0.182. The third-order valence-corrected chi connectivity index (χ3v) is 7.51. The lowest BCUT2D eigenvalue weighted by Gasteiger charge is -2.20. The number of hydrogen-bond acceptors (Lipinski definition) is 5. The van der Waals surface area contributed by atoms with Gasteiger partial charge in [-0.25, -0.2) is 4.79 Å². The lowest BCUT2D eigenvalue weighted by atomic mass is 9.96. The van der Waals surface area contributed by atoms with Crippen LogP contribution < -0.4 is 4.74 Å². The van der Waals surface area contributed by atoms with Crippen LogP contribution in [-0.2, 0) is 17.6 Å². The summed E-state index contributed by atoms with van der Waals surface area (Å²) in [5, 5.41) is 5.69. The number of oxime groups is 1. The summed E-state index contributed by atoms with van der Waals surface area (Å²) in [6.45, 7) is 4.87. The average molecular weight is 571 g/mol. The first-order valence-electron chi connectivity index (χ1n) is 13.4. The molecule has 0 aliphatic carbocycles. The van der Waals surface area contributed by atoms with Crippen molar-refractivity contribution in [1.29, 1.82) is 0 Å². The van der Waals surface area contributed by atoms with Crippen LogP contribution in [0.4, 0.5) is 13.2 Å². The van der Waals surface area contributed by atoms with E-state index in [9.17, 15) is 22.8 Å². The zero-order valence-electron chi connectivity index (χ0n) is 22.8. The van der Waals surface area contributed by atoms with Gasteiger partial charge >= 0.3 is 12.1 Å². The highest BCUT2D eigenvalue weighted by molar-refractivity contribution is 6.19. The summed E-state index contributed by atoms with van der Waals surface area (Å²) in [6.07, 6.45) is -4.26. The Morgan fingerprint density at radius 2 is 1.74 bits per heavy atom. The molecule has 0 amide bonds. The lowest BCUT2D eigenvalue weighted by molar-refractivity contribution is -0.137. The second kappa shape index (κ2) is 10.5. The maximum Gasteiger partial charge on any atom is 0.416 e. The van der Waals surface area contributed by atoms with Crippen molar-refractivity contribution in [2.24, 2.45) is 5.16 Å². The van der Waals surface area contributed by atoms with Crippen molar-refractivity contribution >= 4 is 39.3 Å². The van der Waals surface area contributed by atoms with Gasteiger partial charge < -0.3 is 14.1 Å². The number of carbonyl (C=O) groups excluding carboxylic acids is 2. The van der Waals surface area contributed by atoms with Gasteiger partial charge in [-0.2, -0.15) is 13.2 Å². The van der Waals surface area contributed by atoms with E-state index < -0.39 is 17.7 Å². The third kappa shape index (κ3) is 4.70. The Labute approximate surface area is 239 Å². The number of aryl methyl sites for hydroxylation is 2. The van der Waals surface area contributed by atoms with Crippen LogP contribution in [0, 0.1) is 6.92 Å². The monoisotopic (exact) mass is 570 g/mol. The minimum Gasteiger partial charge on any atom is -0.492 e. The smallest absolute Gasteiger partial charge is 0.416 e. The highest BCUT2D eigenvalue weighted by atomic mass is 19.4. The van der Waals surface area contributed by atoms with Gasteiger partial charge in [0.1, 0.15) is 5.75 Å². The largest absolute Gasteiger partial charge is 0.492 e. The molecule has 0 saturated heterocycles. The van der Waals surface area contributed by atoms with Crippen LogP contribution in [0.1, 0.15) is 56.3 Å². The van der Waals surface area contributed by atoms with E-state index in [0.29, 0.717) is 41.1 Å². The highest BCUT2D eigenvalue weighted by Crippen LogP contribution is 2.41. The first-order chi connectivity index (χ1) is 20.2. The molecular formula is C33H25F3N2O4. The fourth-order valence-electron chi connectivity index (χ4n) is 5.45. The van der Waals surface area contributed by atoms with Gasteiger partial charge in [0.15, 0.2) is 5.78 Å². The maximum absolute atomic E-state index is 13.4. The summed E-state index contributed by atoms with van der Waals surface area (Å²) < 4.78 is 47.6. The van der Waals surface area contributed by atoms with E-state index in [0.717, 1.165) is 45.6 Å². The Kier molecular flexibility index (Phi) is 6.80. The topological polar surface area (TPSA) is 69.9 Å². The molecule has 0 radical (unpaired) electrons. The molecule has 5 aromatic rings. The Balaban J connectivity index is 1.41. The second-order valence-corrected chi connectivity index (χ2v) is 10.1. The summed E-state index contributed by atoms with van der Waals surface area (Å²) in [5.41, 5.74) is 3.75. The number of rotatable bonds is 5. The molecule has 1 aromatic heterocycles. The zero-order valence-corrected chi connectivity index (χ0v) is 22.8. The van der Waals surface area contributed by atoms with Gasteiger partial charge in [0.25, 0.3) is 0 Å². The van der Waals surface area contributed by atoms with Crippen molar-refractivity contribution < 1.29 is 32.3 Å². The molecule has 1 aliphatic rings. The van der Waals surface area contributed by atoms with Crippen molar-refractivity contribution in [2.45, 2.75) is 33.0 Å². The third-order valence-electron chi connectivity index (χ3n) is 7.51. The lowest BCUT2D eigenvalue weighted by Crippen LogP contribution is -2.17. The van der Waals surface area contributed by atoms with Gasteiger partial charge in [0.05, 0.1) is 34.3 Å². The predicted octanol–water partition coefficient (Wildman–Crippen LogP) is 7.72. The molecule has 0 N–H and O–H groups in total. The van der Waals surface area contributed by atoms with Gasteiger partial charge in [-0.05, 0) is 67.9 Å². The van der Waals surface area contributed by atoms with Gasteiger partial charge in [0, 0.05) is 40.6 Å². The summed E-state index contributed by atoms with van der Waals surface area (Å²) >= 11 is 0.